The van der Waals surface area contributed by atoms with Crippen LogP contribution in [0.25, 0.3) is 0 Å². The van der Waals surface area contributed by atoms with E-state index in [0.717, 1.165) is 5.75 Å². The molecular weight excluding hydrogens is 300 g/mol. The van der Waals surface area contributed by atoms with E-state index in [2.05, 4.69) is 20.6 Å². The lowest BCUT2D eigenvalue weighted by Crippen LogP contribution is -2.20. The third-order valence-corrected chi connectivity index (χ3v) is 2.78. The first kappa shape index (κ1) is 16.3. The van der Waals surface area contributed by atoms with Gasteiger partial charge in [-0.1, -0.05) is 0 Å². The Morgan fingerprint density at radius 2 is 1.87 bits per heavy atom. The summed E-state index contributed by atoms with van der Waals surface area (Å²) in [6.07, 6.45) is 1.41. The SMILES string of the molecule is CCOc1ccc(NC(=O)Nc2cnc(OC)nc2OC)cc1. The second-order valence-electron chi connectivity index (χ2n) is 4.32. The maximum Gasteiger partial charge on any atom is 0.323 e. The Labute approximate surface area is 133 Å². The van der Waals surface area contributed by atoms with Crippen LogP contribution in [-0.4, -0.2) is 36.8 Å². The van der Waals surface area contributed by atoms with Gasteiger partial charge in [-0.2, -0.15) is 4.98 Å². The van der Waals surface area contributed by atoms with Crippen LogP contribution >= 0.6 is 0 Å². The van der Waals surface area contributed by atoms with Crippen molar-refractivity contribution in [3.8, 4) is 17.6 Å². The van der Waals surface area contributed by atoms with Crippen LogP contribution in [0, 0.1) is 0 Å². The van der Waals surface area contributed by atoms with E-state index in [1.165, 1.54) is 20.4 Å². The van der Waals surface area contributed by atoms with Crippen molar-refractivity contribution in [3.63, 3.8) is 0 Å². The van der Waals surface area contributed by atoms with Gasteiger partial charge >= 0.3 is 12.0 Å². The number of carbonyl (C=O) groups is 1. The summed E-state index contributed by atoms with van der Waals surface area (Å²) in [4.78, 5) is 19.9. The van der Waals surface area contributed by atoms with Crippen LogP contribution < -0.4 is 24.8 Å². The van der Waals surface area contributed by atoms with Crippen LogP contribution in [0.1, 0.15) is 6.92 Å². The van der Waals surface area contributed by atoms with Crippen LogP contribution in [0.5, 0.6) is 17.6 Å². The molecule has 0 radical (unpaired) electrons. The Morgan fingerprint density at radius 1 is 1.13 bits per heavy atom. The van der Waals surface area contributed by atoms with Gasteiger partial charge in [0.2, 0.25) is 5.88 Å². The molecule has 0 aliphatic heterocycles. The van der Waals surface area contributed by atoms with Crippen molar-refractivity contribution in [1.29, 1.82) is 0 Å². The molecule has 0 aliphatic carbocycles. The van der Waals surface area contributed by atoms with Gasteiger partial charge in [0.25, 0.3) is 0 Å². The molecule has 0 fully saturated rings. The highest BCUT2D eigenvalue weighted by Gasteiger charge is 2.11. The zero-order chi connectivity index (χ0) is 16.7. The van der Waals surface area contributed by atoms with Crippen LogP contribution in [0.4, 0.5) is 16.2 Å². The first-order valence-corrected chi connectivity index (χ1v) is 6.92. The Morgan fingerprint density at radius 3 is 2.48 bits per heavy atom. The fourth-order valence-electron chi connectivity index (χ4n) is 1.78. The molecule has 2 N–H and O–H groups in total. The largest absolute Gasteiger partial charge is 0.494 e. The topological polar surface area (TPSA) is 94.6 Å². The minimum atomic E-state index is -0.443. The van der Waals surface area contributed by atoms with Gasteiger partial charge in [0, 0.05) is 5.69 Å². The molecular formula is C15H18N4O4. The minimum Gasteiger partial charge on any atom is -0.494 e. The number of rotatable bonds is 6. The van der Waals surface area contributed by atoms with Gasteiger partial charge in [-0.15, -0.1) is 0 Å². The smallest absolute Gasteiger partial charge is 0.323 e. The lowest BCUT2D eigenvalue weighted by atomic mass is 10.3. The predicted octanol–water partition coefficient (Wildman–Crippen LogP) is 2.54. The maximum atomic E-state index is 12.0. The molecule has 0 saturated heterocycles. The quantitative estimate of drug-likeness (QED) is 0.850. The van der Waals surface area contributed by atoms with Crippen molar-refractivity contribution in [3.05, 3.63) is 30.5 Å². The molecule has 1 heterocycles. The van der Waals surface area contributed by atoms with E-state index in [1.807, 2.05) is 6.92 Å². The first-order valence-electron chi connectivity index (χ1n) is 6.92. The van der Waals surface area contributed by atoms with Crippen LogP contribution in [0.3, 0.4) is 0 Å². The lowest BCUT2D eigenvalue weighted by Gasteiger charge is -2.11. The van der Waals surface area contributed by atoms with E-state index in [4.69, 9.17) is 14.2 Å². The summed E-state index contributed by atoms with van der Waals surface area (Å²) in [5.74, 6) is 0.947. The fraction of sp³-hybridized carbons (Fsp3) is 0.267. The standard InChI is InChI=1S/C15H18N4O4/c1-4-23-11-7-5-10(6-8-11)17-14(20)18-12-9-16-15(22-3)19-13(12)21-2/h5-9H,4H2,1-3H3,(H2,17,18,20). The highest BCUT2D eigenvalue weighted by atomic mass is 16.5. The second kappa shape index (κ2) is 7.83. The number of aromatic nitrogens is 2. The van der Waals surface area contributed by atoms with Crippen LogP contribution in [-0.2, 0) is 0 Å². The zero-order valence-electron chi connectivity index (χ0n) is 13.1. The van der Waals surface area contributed by atoms with E-state index in [9.17, 15) is 4.79 Å². The summed E-state index contributed by atoms with van der Waals surface area (Å²) in [6.45, 7) is 2.49. The number of anilines is 2. The molecule has 2 amide bonds. The maximum absolute atomic E-state index is 12.0. The summed E-state index contributed by atoms with van der Waals surface area (Å²) in [5, 5.41) is 5.31. The highest BCUT2D eigenvalue weighted by molar-refractivity contribution is 6.00. The number of hydrogen-bond acceptors (Lipinski definition) is 6. The van der Waals surface area contributed by atoms with Crippen molar-refractivity contribution >= 4 is 17.4 Å². The van der Waals surface area contributed by atoms with Gasteiger partial charge in [-0.3, -0.25) is 0 Å². The van der Waals surface area contributed by atoms with E-state index >= 15 is 0 Å². The molecule has 1 aromatic carbocycles. The van der Waals surface area contributed by atoms with E-state index in [0.29, 0.717) is 18.0 Å². The third kappa shape index (κ3) is 4.47. The van der Waals surface area contributed by atoms with Crippen molar-refractivity contribution in [2.24, 2.45) is 0 Å². The number of amides is 2. The predicted molar refractivity (Wildman–Crippen MR) is 85.4 cm³/mol. The first-order chi connectivity index (χ1) is 11.2. The lowest BCUT2D eigenvalue weighted by molar-refractivity contribution is 0.262. The van der Waals surface area contributed by atoms with Gasteiger partial charge in [0.1, 0.15) is 11.4 Å². The summed E-state index contributed by atoms with van der Waals surface area (Å²) in [7, 11) is 2.89. The minimum absolute atomic E-state index is 0.152. The number of nitrogens with one attached hydrogen (secondary N) is 2. The average Bonchev–Trinajstić information content (AvgIpc) is 2.57. The Kier molecular flexibility index (Phi) is 5.56. The second-order valence-corrected chi connectivity index (χ2v) is 4.32. The summed E-state index contributed by atoms with van der Waals surface area (Å²) in [6, 6.07) is 6.74. The van der Waals surface area contributed by atoms with Crippen molar-refractivity contribution < 1.29 is 19.0 Å². The Hall–Kier alpha value is -3.03. The number of carbonyl (C=O) groups excluding carboxylic acids is 1. The molecule has 0 aliphatic rings. The Balaban J connectivity index is 2.01. The normalized spacial score (nSPS) is 9.87. The number of benzene rings is 1. The molecule has 2 rings (SSSR count). The van der Waals surface area contributed by atoms with Crippen LogP contribution in [0.2, 0.25) is 0 Å². The molecule has 122 valence electrons. The Bertz CT molecular complexity index is 661. The molecule has 8 heteroatoms. The van der Waals surface area contributed by atoms with E-state index in [1.54, 1.807) is 24.3 Å². The fourth-order valence-corrected chi connectivity index (χ4v) is 1.78. The number of methoxy groups -OCH3 is 2. The molecule has 0 unspecified atom stereocenters. The van der Waals surface area contributed by atoms with Crippen molar-refractivity contribution in [1.82, 2.24) is 9.97 Å². The third-order valence-electron chi connectivity index (χ3n) is 2.78. The van der Waals surface area contributed by atoms with Gasteiger partial charge in [0.05, 0.1) is 27.0 Å². The molecule has 0 saturated carbocycles. The zero-order valence-corrected chi connectivity index (χ0v) is 13.1. The number of nitrogens with zero attached hydrogens (tertiary/aromatic N) is 2. The van der Waals surface area contributed by atoms with Crippen LogP contribution in [0.15, 0.2) is 30.5 Å². The molecule has 1 aromatic heterocycles. The molecule has 23 heavy (non-hydrogen) atoms. The van der Waals surface area contributed by atoms with Gasteiger partial charge in [-0.05, 0) is 31.2 Å². The number of urea groups is 1. The van der Waals surface area contributed by atoms with Crippen molar-refractivity contribution in [2.45, 2.75) is 6.92 Å². The summed E-state index contributed by atoms with van der Waals surface area (Å²) >= 11 is 0. The monoisotopic (exact) mass is 318 g/mol. The highest BCUT2D eigenvalue weighted by Crippen LogP contribution is 2.23. The summed E-state index contributed by atoms with van der Waals surface area (Å²) < 4.78 is 15.3. The summed E-state index contributed by atoms with van der Waals surface area (Å²) in [5.41, 5.74) is 0.955. The number of hydrogen-bond donors (Lipinski definition) is 2. The molecule has 0 bridgehead atoms. The molecule has 8 nitrogen and oxygen atoms in total. The average molecular weight is 318 g/mol. The van der Waals surface area contributed by atoms with Gasteiger partial charge in [0.15, 0.2) is 0 Å². The molecule has 0 spiro atoms. The molecule has 2 aromatic rings. The van der Waals surface area contributed by atoms with Gasteiger partial charge in [-0.25, -0.2) is 9.78 Å². The van der Waals surface area contributed by atoms with Gasteiger partial charge < -0.3 is 24.8 Å². The van der Waals surface area contributed by atoms with Crippen molar-refractivity contribution in [2.75, 3.05) is 31.5 Å². The van der Waals surface area contributed by atoms with E-state index in [-0.39, 0.29) is 11.9 Å². The number of ether oxygens (including phenoxy) is 3. The molecule has 0 atom stereocenters. The van der Waals surface area contributed by atoms with E-state index < -0.39 is 6.03 Å².